The molecule has 0 unspecified atom stereocenters. The van der Waals surface area contributed by atoms with Gasteiger partial charge in [0.2, 0.25) is 0 Å². The smallest absolute Gasteiger partial charge is 0.177 e. The number of hydrogen-bond donors (Lipinski definition) is 0. The van der Waals surface area contributed by atoms with Crippen LogP contribution in [0.3, 0.4) is 0 Å². The zero-order chi connectivity index (χ0) is 18.5. The summed E-state index contributed by atoms with van der Waals surface area (Å²) in [5, 5.41) is 4.54. The summed E-state index contributed by atoms with van der Waals surface area (Å²) in [5.74, 6) is 2.43. The van der Waals surface area contributed by atoms with Crippen molar-refractivity contribution in [3.05, 3.63) is 59.1 Å². The van der Waals surface area contributed by atoms with Crippen LogP contribution < -0.4 is 4.74 Å². The van der Waals surface area contributed by atoms with Gasteiger partial charge in [-0.1, -0.05) is 12.1 Å². The zero-order valence-corrected chi connectivity index (χ0v) is 15.3. The zero-order valence-electron chi connectivity index (χ0n) is 15.3. The van der Waals surface area contributed by atoms with Gasteiger partial charge in [-0.25, -0.2) is 14.5 Å². The van der Waals surface area contributed by atoms with Gasteiger partial charge in [-0.15, -0.1) is 5.10 Å². The van der Waals surface area contributed by atoms with E-state index in [0.717, 1.165) is 46.4 Å². The molecule has 7 heteroatoms. The predicted octanol–water partition coefficient (Wildman–Crippen LogP) is 3.15. The molecule has 0 fully saturated rings. The molecule has 0 saturated carbocycles. The van der Waals surface area contributed by atoms with Crippen LogP contribution in [0.4, 0.5) is 0 Å². The molecule has 134 valence electrons. The van der Waals surface area contributed by atoms with Gasteiger partial charge in [-0.3, -0.25) is 4.98 Å². The number of aromatic nitrogens is 6. The molecule has 0 N–H and O–H groups in total. The summed E-state index contributed by atoms with van der Waals surface area (Å²) in [6.45, 7) is 4.70. The Bertz CT molecular complexity index is 1180. The number of rotatable bonds is 3. The van der Waals surface area contributed by atoms with Crippen molar-refractivity contribution in [3.8, 4) is 17.1 Å². The quantitative estimate of drug-likeness (QED) is 0.495. The van der Waals surface area contributed by atoms with E-state index in [1.54, 1.807) is 13.3 Å². The Hall–Kier alpha value is -3.48. The minimum Gasteiger partial charge on any atom is -0.496 e. The van der Waals surface area contributed by atoms with Gasteiger partial charge in [0.15, 0.2) is 11.5 Å². The molecule has 3 aromatic heterocycles. The minimum absolute atomic E-state index is 0.639. The number of aryl methyl sites for hydroxylation is 2. The maximum absolute atomic E-state index is 5.51. The number of imidazole rings is 1. The molecule has 1 aliphatic rings. The number of hydrogen-bond acceptors (Lipinski definition) is 5. The monoisotopic (exact) mass is 358 g/mol. The Morgan fingerprint density at radius 2 is 2.04 bits per heavy atom. The molecule has 1 aliphatic heterocycles. The maximum Gasteiger partial charge on any atom is 0.177 e. The highest BCUT2D eigenvalue weighted by molar-refractivity contribution is 5.75. The van der Waals surface area contributed by atoms with E-state index in [4.69, 9.17) is 9.72 Å². The second kappa shape index (κ2) is 5.77. The molecule has 5 rings (SSSR count). The first-order chi connectivity index (χ1) is 13.1. The lowest BCUT2D eigenvalue weighted by molar-refractivity contribution is 0.416. The van der Waals surface area contributed by atoms with Gasteiger partial charge >= 0.3 is 0 Å². The van der Waals surface area contributed by atoms with Crippen LogP contribution in [0.15, 0.2) is 30.6 Å². The summed E-state index contributed by atoms with van der Waals surface area (Å²) in [4.78, 5) is 13.7. The first-order valence-corrected chi connectivity index (χ1v) is 8.74. The fourth-order valence-electron chi connectivity index (χ4n) is 3.49. The molecule has 4 heterocycles. The van der Waals surface area contributed by atoms with Gasteiger partial charge in [-0.2, -0.15) is 0 Å². The fraction of sp³-hybridized carbons (Fsp3) is 0.200. The van der Waals surface area contributed by atoms with E-state index in [1.165, 1.54) is 5.56 Å². The first-order valence-electron chi connectivity index (χ1n) is 8.74. The Labute approximate surface area is 156 Å². The molecule has 27 heavy (non-hydrogen) atoms. The van der Waals surface area contributed by atoms with E-state index >= 15 is 0 Å². The molecular weight excluding hydrogens is 340 g/mol. The van der Waals surface area contributed by atoms with E-state index < -0.39 is 0 Å². The van der Waals surface area contributed by atoms with Crippen molar-refractivity contribution in [2.45, 2.75) is 20.4 Å². The van der Waals surface area contributed by atoms with Gasteiger partial charge in [0, 0.05) is 18.9 Å². The molecule has 1 aromatic carbocycles. The lowest BCUT2D eigenvalue weighted by atomic mass is 10.1. The van der Waals surface area contributed by atoms with Crippen molar-refractivity contribution in [3.63, 3.8) is 0 Å². The molecule has 4 aromatic rings. The van der Waals surface area contributed by atoms with E-state index in [-0.39, 0.29) is 0 Å². The molecule has 0 atom stereocenters. The average Bonchev–Trinajstić information content (AvgIpc) is 3.35. The van der Waals surface area contributed by atoms with Crippen LogP contribution in [0, 0.1) is 13.8 Å². The Morgan fingerprint density at radius 3 is 2.85 bits per heavy atom. The first kappa shape index (κ1) is 15.7. The summed E-state index contributed by atoms with van der Waals surface area (Å²) in [5.41, 5.74) is 5.76. The van der Waals surface area contributed by atoms with Gasteiger partial charge in [0.05, 0.1) is 29.8 Å². The number of nitrogens with zero attached hydrogens (tertiary/aromatic N) is 6. The van der Waals surface area contributed by atoms with Crippen molar-refractivity contribution < 1.29 is 4.74 Å². The summed E-state index contributed by atoms with van der Waals surface area (Å²) in [6, 6.07) is 6.10. The van der Waals surface area contributed by atoms with Crippen LogP contribution in [0.5, 0.6) is 5.75 Å². The molecule has 0 aliphatic carbocycles. The minimum atomic E-state index is 0.639. The average molecular weight is 358 g/mol. The topological polar surface area (TPSA) is 70.1 Å². The van der Waals surface area contributed by atoms with Gasteiger partial charge < -0.3 is 9.30 Å². The Balaban J connectivity index is 1.50. The molecule has 0 bridgehead atoms. The van der Waals surface area contributed by atoms with Gasteiger partial charge in [-0.05, 0) is 37.6 Å². The second-order valence-electron chi connectivity index (χ2n) is 6.64. The van der Waals surface area contributed by atoms with Crippen LogP contribution >= 0.6 is 0 Å². The van der Waals surface area contributed by atoms with Crippen molar-refractivity contribution in [1.82, 2.24) is 29.1 Å². The van der Waals surface area contributed by atoms with Crippen molar-refractivity contribution in [2.75, 3.05) is 7.11 Å². The van der Waals surface area contributed by atoms with E-state index in [0.29, 0.717) is 5.82 Å². The number of fused-ring (bicyclic) bond motifs is 4. The van der Waals surface area contributed by atoms with Crippen molar-refractivity contribution in [2.24, 2.45) is 0 Å². The molecule has 7 nitrogen and oxygen atoms in total. The SMILES string of the molecule is COc1cccc2c1-c1nc(/C=C/c3nc4c(C)ncc(C)n4n3)cn1C2. The van der Waals surface area contributed by atoms with Crippen LogP contribution in [-0.2, 0) is 6.54 Å². The van der Waals surface area contributed by atoms with Crippen molar-refractivity contribution in [1.29, 1.82) is 0 Å². The van der Waals surface area contributed by atoms with E-state index in [2.05, 4.69) is 25.7 Å². The third-order valence-corrected chi connectivity index (χ3v) is 4.82. The standard InChI is InChI=1S/C20H18N6O/c1-12-9-21-13(2)19-23-17(24-26(12)19)8-7-15-11-25-10-14-5-4-6-16(27-3)18(14)20(25)22-15/h4-9,11H,10H2,1-3H3/b8-7+. The number of benzene rings is 1. The number of ether oxygens (including phenoxy) is 1. The van der Waals surface area contributed by atoms with Crippen LogP contribution in [0.25, 0.3) is 29.2 Å². The second-order valence-corrected chi connectivity index (χ2v) is 6.64. The molecule has 0 spiro atoms. The maximum atomic E-state index is 5.51. The summed E-state index contributed by atoms with van der Waals surface area (Å²) in [7, 11) is 1.69. The summed E-state index contributed by atoms with van der Waals surface area (Å²) in [6.07, 6.45) is 7.66. The fourth-order valence-corrected chi connectivity index (χ4v) is 3.49. The normalized spacial score (nSPS) is 12.7. The highest BCUT2D eigenvalue weighted by Gasteiger charge is 2.24. The highest BCUT2D eigenvalue weighted by atomic mass is 16.5. The molecule has 0 saturated heterocycles. The number of methoxy groups -OCH3 is 1. The highest BCUT2D eigenvalue weighted by Crippen LogP contribution is 2.38. The van der Waals surface area contributed by atoms with Gasteiger partial charge in [0.1, 0.15) is 11.6 Å². The van der Waals surface area contributed by atoms with Crippen molar-refractivity contribution >= 4 is 17.8 Å². The Morgan fingerprint density at radius 1 is 1.15 bits per heavy atom. The third-order valence-electron chi connectivity index (χ3n) is 4.82. The Kier molecular flexibility index (Phi) is 3.36. The molecular formula is C20H18N6O. The van der Waals surface area contributed by atoms with Gasteiger partial charge in [0.25, 0.3) is 0 Å². The van der Waals surface area contributed by atoms with E-state index in [1.807, 2.05) is 48.8 Å². The van der Waals surface area contributed by atoms with E-state index in [9.17, 15) is 0 Å². The molecule has 0 radical (unpaired) electrons. The predicted molar refractivity (Wildman–Crippen MR) is 103 cm³/mol. The lowest BCUT2D eigenvalue weighted by Gasteiger charge is -2.05. The van der Waals surface area contributed by atoms with Crippen LogP contribution in [-0.4, -0.2) is 36.2 Å². The van der Waals surface area contributed by atoms with Crippen LogP contribution in [0.1, 0.15) is 28.5 Å². The lowest BCUT2D eigenvalue weighted by Crippen LogP contribution is -1.97. The van der Waals surface area contributed by atoms with Crippen LogP contribution in [0.2, 0.25) is 0 Å². The summed E-state index contributed by atoms with van der Waals surface area (Å²) >= 11 is 0. The largest absolute Gasteiger partial charge is 0.496 e. The third kappa shape index (κ3) is 2.43. The summed E-state index contributed by atoms with van der Waals surface area (Å²) < 4.78 is 9.47. The molecule has 0 amide bonds.